The van der Waals surface area contributed by atoms with Crippen LogP contribution in [0, 0.1) is 5.92 Å². The molecule has 0 aromatic carbocycles. The van der Waals surface area contributed by atoms with Crippen molar-refractivity contribution >= 4 is 5.82 Å². The Morgan fingerprint density at radius 1 is 1.30 bits per heavy atom. The number of ether oxygens (including phenoxy) is 2. The largest absolute Gasteiger partial charge is 0.433 e. The van der Waals surface area contributed by atoms with Gasteiger partial charge in [-0.15, -0.1) is 0 Å². The van der Waals surface area contributed by atoms with Crippen LogP contribution in [0.4, 0.5) is 14.6 Å². The number of rotatable bonds is 6. The minimum Gasteiger partial charge on any atom is -0.433 e. The fraction of sp³-hybridized carbons (Fsp3) is 0.688. The lowest BCUT2D eigenvalue weighted by molar-refractivity contribution is -0.0500. The van der Waals surface area contributed by atoms with Gasteiger partial charge < -0.3 is 19.7 Å². The number of nitrogens with zero attached hydrogens (tertiary/aromatic N) is 2. The first-order chi connectivity index (χ1) is 11.2. The van der Waals surface area contributed by atoms with E-state index in [1.165, 1.54) is 18.7 Å². The first-order valence-corrected chi connectivity index (χ1v) is 8.16. The molecule has 0 bridgehead atoms. The number of piperidine rings is 1. The zero-order chi connectivity index (χ0) is 16.1. The van der Waals surface area contributed by atoms with Crippen LogP contribution in [-0.2, 0) is 4.74 Å². The summed E-state index contributed by atoms with van der Waals surface area (Å²) >= 11 is 0. The Kier molecular flexibility index (Phi) is 5.61. The van der Waals surface area contributed by atoms with Crippen LogP contribution in [0.25, 0.3) is 0 Å². The van der Waals surface area contributed by atoms with E-state index in [0.29, 0.717) is 17.8 Å². The van der Waals surface area contributed by atoms with Crippen LogP contribution < -0.4 is 10.1 Å². The summed E-state index contributed by atoms with van der Waals surface area (Å²) in [6.07, 6.45) is 4.62. The number of likely N-dealkylation sites (tertiary alicyclic amines) is 1. The van der Waals surface area contributed by atoms with Crippen molar-refractivity contribution in [3.05, 3.63) is 18.3 Å². The van der Waals surface area contributed by atoms with E-state index < -0.39 is 6.61 Å². The second-order valence-corrected chi connectivity index (χ2v) is 6.21. The molecule has 0 aliphatic carbocycles. The summed E-state index contributed by atoms with van der Waals surface area (Å²) in [6.45, 7) is 2.26. The summed E-state index contributed by atoms with van der Waals surface area (Å²) in [6, 6.07) is 3.57. The zero-order valence-corrected chi connectivity index (χ0v) is 13.1. The van der Waals surface area contributed by atoms with Crippen LogP contribution in [0.5, 0.6) is 5.75 Å². The predicted molar refractivity (Wildman–Crippen MR) is 82.9 cm³/mol. The molecule has 0 amide bonds. The maximum absolute atomic E-state index is 12.1. The topological polar surface area (TPSA) is 46.6 Å². The van der Waals surface area contributed by atoms with Crippen molar-refractivity contribution in [2.75, 3.05) is 38.2 Å². The molecule has 3 heterocycles. The van der Waals surface area contributed by atoms with Crippen molar-refractivity contribution in [3.8, 4) is 5.75 Å². The molecule has 0 radical (unpaired) electrons. The lowest BCUT2D eigenvalue weighted by Crippen LogP contribution is -2.41. The van der Waals surface area contributed by atoms with Crippen LogP contribution in [0.2, 0.25) is 0 Å². The Morgan fingerprint density at radius 3 is 2.74 bits per heavy atom. The molecule has 23 heavy (non-hydrogen) atoms. The smallest absolute Gasteiger partial charge is 0.387 e. The maximum atomic E-state index is 12.1. The molecule has 2 aliphatic rings. The minimum absolute atomic E-state index is 0.0825. The van der Waals surface area contributed by atoms with Gasteiger partial charge in [-0.2, -0.15) is 8.78 Å². The molecule has 0 unspecified atom stereocenters. The van der Waals surface area contributed by atoms with E-state index in [1.54, 1.807) is 6.07 Å². The van der Waals surface area contributed by atoms with E-state index in [0.717, 1.165) is 45.7 Å². The molecular weight excluding hydrogens is 304 g/mol. The quantitative estimate of drug-likeness (QED) is 0.870. The number of alkyl halides is 2. The highest BCUT2D eigenvalue weighted by Gasteiger charge is 2.23. The molecular formula is C16H23F2N3O2. The summed E-state index contributed by atoms with van der Waals surface area (Å²) in [5.41, 5.74) is 0. The molecule has 2 saturated heterocycles. The third-order valence-electron chi connectivity index (χ3n) is 4.44. The molecule has 0 spiro atoms. The lowest BCUT2D eigenvalue weighted by Gasteiger charge is -2.33. The molecule has 128 valence electrons. The number of aromatic nitrogens is 1. The molecule has 7 heteroatoms. The molecule has 2 fully saturated rings. The molecule has 1 aromatic heterocycles. The molecule has 3 rings (SSSR count). The predicted octanol–water partition coefficient (Wildman–Crippen LogP) is 2.60. The van der Waals surface area contributed by atoms with Crippen molar-refractivity contribution in [2.45, 2.75) is 31.9 Å². The van der Waals surface area contributed by atoms with Gasteiger partial charge in [-0.25, -0.2) is 4.98 Å². The van der Waals surface area contributed by atoms with Gasteiger partial charge in [-0.3, -0.25) is 0 Å². The fourth-order valence-corrected chi connectivity index (χ4v) is 3.20. The van der Waals surface area contributed by atoms with Crippen LogP contribution >= 0.6 is 0 Å². The Labute approximate surface area is 135 Å². The van der Waals surface area contributed by atoms with Gasteiger partial charge in [0, 0.05) is 32.3 Å². The molecule has 5 nitrogen and oxygen atoms in total. The van der Waals surface area contributed by atoms with Gasteiger partial charge >= 0.3 is 6.61 Å². The second kappa shape index (κ2) is 7.88. The highest BCUT2D eigenvalue weighted by Crippen LogP contribution is 2.20. The SMILES string of the molecule is FC(F)Oc1ccc(NC2CCN(C[C@@H]3CCOC3)CC2)nc1. The first-order valence-electron chi connectivity index (χ1n) is 8.16. The van der Waals surface area contributed by atoms with Crippen molar-refractivity contribution in [3.63, 3.8) is 0 Å². The van der Waals surface area contributed by atoms with Crippen molar-refractivity contribution in [1.82, 2.24) is 9.88 Å². The molecule has 2 aliphatic heterocycles. The van der Waals surface area contributed by atoms with Gasteiger partial charge in [0.2, 0.25) is 0 Å². The summed E-state index contributed by atoms with van der Waals surface area (Å²) < 4.78 is 33.9. The Hall–Kier alpha value is -1.47. The lowest BCUT2D eigenvalue weighted by atomic mass is 10.0. The average molecular weight is 327 g/mol. The van der Waals surface area contributed by atoms with Gasteiger partial charge in [-0.1, -0.05) is 0 Å². The van der Waals surface area contributed by atoms with Gasteiger partial charge in [0.25, 0.3) is 0 Å². The van der Waals surface area contributed by atoms with Crippen molar-refractivity contribution in [1.29, 1.82) is 0 Å². The van der Waals surface area contributed by atoms with Gasteiger partial charge in [0.05, 0.1) is 12.8 Å². The fourth-order valence-electron chi connectivity index (χ4n) is 3.20. The second-order valence-electron chi connectivity index (χ2n) is 6.21. The van der Waals surface area contributed by atoms with E-state index in [1.807, 2.05) is 0 Å². The van der Waals surface area contributed by atoms with Gasteiger partial charge in [-0.05, 0) is 37.3 Å². The van der Waals surface area contributed by atoms with Crippen LogP contribution in [-0.4, -0.2) is 55.4 Å². The van der Waals surface area contributed by atoms with Crippen molar-refractivity contribution in [2.24, 2.45) is 5.92 Å². The third-order valence-corrected chi connectivity index (χ3v) is 4.44. The van der Waals surface area contributed by atoms with E-state index >= 15 is 0 Å². The highest BCUT2D eigenvalue weighted by atomic mass is 19.3. The summed E-state index contributed by atoms with van der Waals surface area (Å²) in [7, 11) is 0. The standard InChI is InChI=1S/C16H23F2N3O2/c17-16(18)23-14-1-2-15(19-9-14)20-13-3-6-21(7-4-13)10-12-5-8-22-11-12/h1-2,9,12-13,16H,3-8,10-11H2,(H,19,20)/t12-/m0/s1. The summed E-state index contributed by atoms with van der Waals surface area (Å²) in [4.78, 5) is 6.63. The van der Waals surface area contributed by atoms with Crippen molar-refractivity contribution < 1.29 is 18.3 Å². The number of hydrogen-bond acceptors (Lipinski definition) is 5. The minimum atomic E-state index is -2.81. The summed E-state index contributed by atoms with van der Waals surface area (Å²) in [5, 5.41) is 3.37. The van der Waals surface area contributed by atoms with Crippen LogP contribution in [0.1, 0.15) is 19.3 Å². The van der Waals surface area contributed by atoms with E-state index in [-0.39, 0.29) is 5.75 Å². The average Bonchev–Trinajstić information content (AvgIpc) is 3.04. The van der Waals surface area contributed by atoms with Gasteiger partial charge in [0.1, 0.15) is 11.6 Å². The molecule has 1 atom stereocenters. The monoisotopic (exact) mass is 327 g/mol. The Morgan fingerprint density at radius 2 is 2.13 bits per heavy atom. The molecule has 1 N–H and O–H groups in total. The number of hydrogen-bond donors (Lipinski definition) is 1. The number of halogens is 2. The number of nitrogens with one attached hydrogen (secondary N) is 1. The maximum Gasteiger partial charge on any atom is 0.387 e. The van der Waals surface area contributed by atoms with Gasteiger partial charge in [0.15, 0.2) is 0 Å². The Balaban J connectivity index is 1.41. The Bertz CT molecular complexity index is 473. The zero-order valence-electron chi connectivity index (χ0n) is 13.1. The molecule has 1 aromatic rings. The number of anilines is 1. The summed E-state index contributed by atoms with van der Waals surface area (Å²) in [5.74, 6) is 1.47. The third kappa shape index (κ3) is 5.00. The molecule has 0 saturated carbocycles. The number of pyridine rings is 1. The van der Waals surface area contributed by atoms with Crippen LogP contribution in [0.15, 0.2) is 18.3 Å². The van der Waals surface area contributed by atoms with E-state index in [9.17, 15) is 8.78 Å². The highest BCUT2D eigenvalue weighted by molar-refractivity contribution is 5.38. The van der Waals surface area contributed by atoms with E-state index in [2.05, 4.69) is 19.9 Å². The van der Waals surface area contributed by atoms with Crippen LogP contribution in [0.3, 0.4) is 0 Å². The normalized spacial score (nSPS) is 23.3. The van der Waals surface area contributed by atoms with E-state index in [4.69, 9.17) is 4.74 Å². The first kappa shape index (κ1) is 16.4.